The number of hydrogen-bond donors (Lipinski definition) is 5. The summed E-state index contributed by atoms with van der Waals surface area (Å²) < 4.78 is 46.8. The van der Waals surface area contributed by atoms with Gasteiger partial charge in [-0.1, -0.05) is 18.2 Å². The van der Waals surface area contributed by atoms with Gasteiger partial charge in [-0.05, 0) is 11.6 Å². The van der Waals surface area contributed by atoms with Gasteiger partial charge in [0.25, 0.3) is 0 Å². The zero-order chi connectivity index (χ0) is 20.5. The Morgan fingerprint density at radius 2 is 1.93 bits per heavy atom. The molecule has 1 aliphatic rings. The zero-order valence-corrected chi connectivity index (χ0v) is 15.2. The van der Waals surface area contributed by atoms with E-state index in [4.69, 9.17) is 9.47 Å². The van der Waals surface area contributed by atoms with Gasteiger partial charge in [-0.2, -0.15) is 0 Å². The Hall–Kier alpha value is -2.06. The van der Waals surface area contributed by atoms with Crippen molar-refractivity contribution in [3.05, 3.63) is 36.0 Å². The van der Waals surface area contributed by atoms with Crippen molar-refractivity contribution in [2.75, 3.05) is 6.61 Å². The molecule has 0 unspecified atom stereocenters. The number of para-hydroxylation sites is 1. The van der Waals surface area contributed by atoms with Gasteiger partial charge in [0.15, 0.2) is 0 Å². The highest BCUT2D eigenvalue weighted by Crippen LogP contribution is 2.24. The number of aliphatic hydroxyl groups excluding tert-OH is 4. The van der Waals surface area contributed by atoms with Gasteiger partial charge in [0.05, 0.1) is 13.0 Å². The van der Waals surface area contributed by atoms with Crippen LogP contribution in [0.3, 0.4) is 0 Å². The minimum absolute atomic E-state index is 0.236. The fourth-order valence-electron chi connectivity index (χ4n) is 2.96. The third kappa shape index (κ3) is 4.50. The van der Waals surface area contributed by atoms with Gasteiger partial charge in [0.1, 0.15) is 24.4 Å². The molecule has 28 heavy (non-hydrogen) atoms. The molecule has 5 N–H and O–H groups in total. The van der Waals surface area contributed by atoms with Crippen molar-refractivity contribution < 1.29 is 42.9 Å². The molecule has 0 bridgehead atoms. The molecule has 2 aromatic rings. The fraction of sp³-hybridized carbons (Fsp3) is 0.438. The number of nitrogens with one attached hydrogen (secondary N) is 1. The molecule has 3 rings (SSSR count). The number of fused-ring (bicyclic) bond motifs is 1. The first-order chi connectivity index (χ1) is 13.2. The van der Waals surface area contributed by atoms with Gasteiger partial charge in [0.2, 0.25) is 22.5 Å². The molecule has 1 saturated heterocycles. The van der Waals surface area contributed by atoms with Gasteiger partial charge in [0, 0.05) is 17.1 Å². The van der Waals surface area contributed by atoms with E-state index in [2.05, 4.69) is 9.38 Å². The van der Waals surface area contributed by atoms with Crippen molar-refractivity contribution in [2.24, 2.45) is 4.40 Å². The summed E-state index contributed by atoms with van der Waals surface area (Å²) in [7, 11) is -5.09. The van der Waals surface area contributed by atoms with E-state index in [1.807, 2.05) is 0 Å². The van der Waals surface area contributed by atoms with Crippen molar-refractivity contribution in [3.8, 4) is 0 Å². The zero-order valence-electron chi connectivity index (χ0n) is 14.4. The summed E-state index contributed by atoms with van der Waals surface area (Å²) in [5.74, 6) is -0.580. The lowest BCUT2D eigenvalue weighted by atomic mass is 9.99. The second-order valence-corrected chi connectivity index (χ2v) is 7.30. The first kappa shape index (κ1) is 20.7. The summed E-state index contributed by atoms with van der Waals surface area (Å²) in [4.78, 5) is 2.97. The molecule has 2 heterocycles. The van der Waals surface area contributed by atoms with Gasteiger partial charge in [-0.15, -0.1) is 4.40 Å². The molecule has 1 aliphatic heterocycles. The number of aromatic nitrogens is 1. The number of rotatable bonds is 5. The smallest absolute Gasteiger partial charge is 0.230 e. The second kappa shape index (κ2) is 8.13. The molecular weight excluding hydrogens is 396 g/mol. The van der Waals surface area contributed by atoms with Gasteiger partial charge >= 0.3 is 0 Å². The molecule has 1 fully saturated rings. The molecule has 11 nitrogen and oxygen atoms in total. The number of benzene rings is 1. The van der Waals surface area contributed by atoms with E-state index in [0.29, 0.717) is 5.56 Å². The predicted molar refractivity (Wildman–Crippen MR) is 94.0 cm³/mol. The lowest BCUT2D eigenvalue weighted by molar-refractivity contribution is -0.281. The molecule has 0 amide bonds. The normalized spacial score (nSPS) is 29.2. The van der Waals surface area contributed by atoms with Crippen LogP contribution in [-0.2, 0) is 26.2 Å². The topological polar surface area (TPSA) is 185 Å². The Bertz CT molecular complexity index is 956. The summed E-state index contributed by atoms with van der Waals surface area (Å²) in [6, 6.07) is 7.11. The Morgan fingerprint density at radius 3 is 2.61 bits per heavy atom. The molecule has 0 spiro atoms. The van der Waals surface area contributed by atoms with Crippen LogP contribution in [0.15, 0.2) is 34.9 Å². The minimum atomic E-state index is -5.09. The molecule has 12 heteroatoms. The Kier molecular flexibility index (Phi) is 6.00. The minimum Gasteiger partial charge on any atom is -0.729 e. The molecule has 0 saturated carbocycles. The molecule has 154 valence electrons. The number of H-pyrrole nitrogens is 1. The third-order valence-corrected chi connectivity index (χ3v) is 4.76. The van der Waals surface area contributed by atoms with Crippen molar-refractivity contribution in [2.45, 2.75) is 37.1 Å². The largest absolute Gasteiger partial charge is 0.729 e. The second-order valence-electron chi connectivity index (χ2n) is 6.26. The average Bonchev–Trinajstić information content (AvgIpc) is 3.04. The van der Waals surface area contributed by atoms with E-state index in [1.165, 1.54) is 0 Å². The average molecular weight is 415 g/mol. The van der Waals surface area contributed by atoms with Crippen molar-refractivity contribution in [1.29, 1.82) is 0 Å². The van der Waals surface area contributed by atoms with Gasteiger partial charge in [-0.3, -0.25) is 0 Å². The Morgan fingerprint density at radius 1 is 1.21 bits per heavy atom. The predicted octanol–water partition coefficient (Wildman–Crippen LogP) is -1.61. The first-order valence-electron chi connectivity index (χ1n) is 8.26. The summed E-state index contributed by atoms with van der Waals surface area (Å²) in [6.45, 7) is -0.695. The highest BCUT2D eigenvalue weighted by Gasteiger charge is 2.45. The molecule has 5 atom stereocenters. The van der Waals surface area contributed by atoms with Crippen molar-refractivity contribution in [3.63, 3.8) is 0 Å². The first-order valence-corrected chi connectivity index (χ1v) is 9.63. The van der Waals surface area contributed by atoms with Crippen LogP contribution in [0.4, 0.5) is 0 Å². The SMILES string of the molecule is O=S(=O)([O-])N=C(Cc1c[nH]c2ccccc12)O[C@@H]1O[C@H](CO)[C@@H](O)[C@H](O)[C@H]1O. The molecule has 1 aromatic heterocycles. The third-order valence-electron chi connectivity index (χ3n) is 4.33. The lowest BCUT2D eigenvalue weighted by Crippen LogP contribution is -2.59. The Labute approximate surface area is 159 Å². The summed E-state index contributed by atoms with van der Waals surface area (Å²) in [6.07, 6.45) is -6.70. The van der Waals surface area contributed by atoms with Crippen LogP contribution in [0.5, 0.6) is 0 Å². The number of aromatic amines is 1. The maximum atomic E-state index is 11.1. The quantitative estimate of drug-likeness (QED) is 0.218. The molecule has 1 aromatic carbocycles. The maximum absolute atomic E-state index is 11.1. The van der Waals surface area contributed by atoms with Crippen LogP contribution in [0.1, 0.15) is 5.56 Å². The molecule has 0 aliphatic carbocycles. The van der Waals surface area contributed by atoms with Gasteiger partial charge in [-0.25, -0.2) is 8.42 Å². The van der Waals surface area contributed by atoms with E-state index >= 15 is 0 Å². The monoisotopic (exact) mass is 415 g/mol. The highest BCUT2D eigenvalue weighted by atomic mass is 32.2. The molecule has 0 radical (unpaired) electrons. The van der Waals surface area contributed by atoms with E-state index in [1.54, 1.807) is 30.5 Å². The van der Waals surface area contributed by atoms with Gasteiger partial charge < -0.3 is 39.4 Å². The van der Waals surface area contributed by atoms with Crippen LogP contribution in [0.25, 0.3) is 10.9 Å². The van der Waals surface area contributed by atoms with Crippen molar-refractivity contribution >= 4 is 27.1 Å². The summed E-state index contributed by atoms with van der Waals surface area (Å²) >= 11 is 0. The van der Waals surface area contributed by atoms with E-state index < -0.39 is 53.5 Å². The van der Waals surface area contributed by atoms with Crippen LogP contribution in [-0.4, -0.2) is 81.6 Å². The number of aliphatic hydroxyl groups is 4. The highest BCUT2D eigenvalue weighted by molar-refractivity contribution is 7.84. The standard InChI is InChI=1S/C16H20N2O9S/c19-7-11-13(20)14(21)15(22)16(26-11)27-12(18-28(23,24)25)5-8-6-17-10-4-2-1-3-9(8)10/h1-4,6,11,13-17,19-22H,5,7H2,(H,23,24,25)/p-1/t11-,13-,14+,15-,16+/m1/s1. The van der Waals surface area contributed by atoms with Crippen LogP contribution >= 0.6 is 0 Å². The summed E-state index contributed by atoms with van der Waals surface area (Å²) in [5, 5.41) is 39.6. The number of hydrogen-bond acceptors (Lipinski definition) is 9. The van der Waals surface area contributed by atoms with E-state index in [0.717, 1.165) is 10.9 Å². The molecular formula is C16H19N2O9S-. The van der Waals surface area contributed by atoms with E-state index in [9.17, 15) is 33.4 Å². The summed E-state index contributed by atoms with van der Waals surface area (Å²) in [5.41, 5.74) is 1.32. The Balaban J connectivity index is 1.88. The number of nitrogens with zero attached hydrogens (tertiary/aromatic N) is 1. The van der Waals surface area contributed by atoms with E-state index in [-0.39, 0.29) is 6.42 Å². The number of ether oxygens (including phenoxy) is 2. The van der Waals surface area contributed by atoms with Crippen molar-refractivity contribution in [1.82, 2.24) is 4.98 Å². The fourth-order valence-corrected chi connectivity index (χ4v) is 3.32. The van der Waals surface area contributed by atoms with Crippen LogP contribution < -0.4 is 0 Å². The lowest BCUT2D eigenvalue weighted by Gasteiger charge is -2.39. The van der Waals surface area contributed by atoms with Crippen LogP contribution in [0.2, 0.25) is 0 Å². The maximum Gasteiger partial charge on any atom is 0.230 e. The van der Waals surface area contributed by atoms with Crippen LogP contribution in [0, 0.1) is 0 Å².